The minimum Gasteiger partial charge on any atom is -0.481 e. The first-order chi connectivity index (χ1) is 17.6. The van der Waals surface area contributed by atoms with Crippen LogP contribution in [0.15, 0.2) is 42.5 Å². The number of hydrogen-bond donors (Lipinski definition) is 1. The summed E-state index contributed by atoms with van der Waals surface area (Å²) in [6.07, 6.45) is 0.199. The first-order valence-electron chi connectivity index (χ1n) is 12.6. The van der Waals surface area contributed by atoms with Crippen molar-refractivity contribution in [1.29, 1.82) is 0 Å². The summed E-state index contributed by atoms with van der Waals surface area (Å²) in [7, 11) is 0. The minimum absolute atomic E-state index is 0.0384. The van der Waals surface area contributed by atoms with Gasteiger partial charge in [0.2, 0.25) is 0 Å². The predicted molar refractivity (Wildman–Crippen MR) is 127 cm³/mol. The Morgan fingerprint density at radius 2 is 1.78 bits per heavy atom. The Morgan fingerprint density at radius 3 is 2.43 bits per heavy atom. The fourth-order valence-electron chi connectivity index (χ4n) is 6.04. The molecule has 2 aromatic carbocycles. The molecule has 0 unspecified atom stereocenters. The average molecular weight is 521 g/mol. The number of carbonyl (C=O) groups excluding carboxylic acids is 1. The summed E-state index contributed by atoms with van der Waals surface area (Å²) in [6, 6.07) is 9.27. The number of fused-ring (bicyclic) bond motifs is 2. The lowest BCUT2D eigenvalue weighted by Crippen LogP contribution is -2.52. The number of hydrogen-bond acceptors (Lipinski definition) is 4. The molecule has 6 nitrogen and oxygen atoms in total. The molecule has 3 atom stereocenters. The monoisotopic (exact) mass is 520 g/mol. The van der Waals surface area contributed by atoms with E-state index in [2.05, 4.69) is 9.64 Å². The van der Waals surface area contributed by atoms with Gasteiger partial charge in [0.1, 0.15) is 11.6 Å². The normalized spacial score (nSPS) is 23.1. The van der Waals surface area contributed by atoms with Crippen LogP contribution in [0.1, 0.15) is 66.9 Å². The number of nitrogens with zero attached hydrogens (tertiary/aromatic N) is 2. The van der Waals surface area contributed by atoms with E-state index in [0.29, 0.717) is 30.3 Å². The van der Waals surface area contributed by atoms with Gasteiger partial charge in [-0.3, -0.25) is 14.5 Å². The molecule has 0 aromatic heterocycles. The van der Waals surface area contributed by atoms with Gasteiger partial charge in [-0.25, -0.2) is 4.39 Å². The summed E-state index contributed by atoms with van der Waals surface area (Å²) in [5.41, 5.74) is 1.52. The maximum Gasteiger partial charge on any atom is 0.573 e. The number of amides is 1. The highest BCUT2D eigenvalue weighted by Crippen LogP contribution is 2.53. The lowest BCUT2D eigenvalue weighted by Gasteiger charge is -2.48. The Bertz CT molecular complexity index is 1170. The molecule has 2 fully saturated rings. The summed E-state index contributed by atoms with van der Waals surface area (Å²) in [6.45, 7) is 0.579. The van der Waals surface area contributed by atoms with Gasteiger partial charge in [-0.1, -0.05) is 6.42 Å². The fraction of sp³-hybridized carbons (Fsp3) is 0.481. The number of ether oxygens (including phenoxy) is 1. The molecule has 1 N–H and O–H groups in total. The minimum atomic E-state index is -4.83. The lowest BCUT2D eigenvalue weighted by atomic mass is 9.81. The van der Waals surface area contributed by atoms with Crippen LogP contribution in [0.3, 0.4) is 0 Å². The van der Waals surface area contributed by atoms with Gasteiger partial charge in [0.15, 0.2) is 0 Å². The highest BCUT2D eigenvalue weighted by Gasteiger charge is 2.50. The number of benzene rings is 2. The fourth-order valence-corrected chi connectivity index (χ4v) is 6.04. The number of halogens is 4. The molecule has 1 heterocycles. The number of aliphatic carboxylic acids is 1. The molecule has 1 aliphatic heterocycles. The Morgan fingerprint density at radius 1 is 1.05 bits per heavy atom. The number of carboxylic acid groups (broad SMARTS) is 1. The third-order valence-electron chi connectivity index (χ3n) is 7.57. The third-order valence-corrected chi connectivity index (χ3v) is 7.57. The van der Waals surface area contributed by atoms with Crippen molar-refractivity contribution < 1.29 is 37.0 Å². The highest BCUT2D eigenvalue weighted by molar-refractivity contribution is 6.07. The number of alkyl halides is 3. The predicted octanol–water partition coefficient (Wildman–Crippen LogP) is 5.92. The van der Waals surface area contributed by atoms with Crippen LogP contribution in [-0.2, 0) is 4.79 Å². The number of rotatable bonds is 8. The third kappa shape index (κ3) is 5.44. The van der Waals surface area contributed by atoms with Gasteiger partial charge in [-0.05, 0) is 92.6 Å². The quantitative estimate of drug-likeness (QED) is 0.438. The summed E-state index contributed by atoms with van der Waals surface area (Å²) in [5, 5.41) is 9.14. The molecule has 10 heteroatoms. The molecule has 0 radical (unpaired) electrons. The topological polar surface area (TPSA) is 70.1 Å². The van der Waals surface area contributed by atoms with E-state index in [0.717, 1.165) is 44.2 Å². The standard InChI is InChI=1S/C27H28F4N2O4/c28-17-8-13-23-21(15-17)25(32(18-9-10-18)14-2-5-24(34)35)20-3-1-4-22(20)33(23)26(36)16-6-11-19(12-7-16)37-27(29,30)31/h6-8,11-13,15,18,20,22,25H,1-5,9-10,14H2,(H,34,35)/t20-,22+,25-/m1/s1. The summed E-state index contributed by atoms with van der Waals surface area (Å²) < 4.78 is 56.2. The number of carbonyl (C=O) groups is 2. The lowest BCUT2D eigenvalue weighted by molar-refractivity contribution is -0.274. The van der Waals surface area contributed by atoms with Gasteiger partial charge < -0.3 is 14.7 Å². The van der Waals surface area contributed by atoms with Gasteiger partial charge in [0.25, 0.3) is 5.91 Å². The van der Waals surface area contributed by atoms with E-state index >= 15 is 0 Å². The second-order valence-electron chi connectivity index (χ2n) is 10.0. The van der Waals surface area contributed by atoms with Crippen LogP contribution in [0.25, 0.3) is 0 Å². The van der Waals surface area contributed by atoms with E-state index in [1.807, 2.05) is 0 Å². The van der Waals surface area contributed by atoms with E-state index < -0.39 is 23.9 Å². The molecule has 198 valence electrons. The second-order valence-corrected chi connectivity index (χ2v) is 10.0. The molecular weight excluding hydrogens is 492 g/mol. The van der Waals surface area contributed by atoms with Crippen molar-refractivity contribution >= 4 is 17.6 Å². The molecule has 5 rings (SSSR count). The van der Waals surface area contributed by atoms with Crippen LogP contribution < -0.4 is 9.64 Å². The number of carboxylic acids is 1. The molecule has 37 heavy (non-hydrogen) atoms. The van der Waals surface area contributed by atoms with Crippen molar-refractivity contribution in [2.45, 2.75) is 69.4 Å². The van der Waals surface area contributed by atoms with Crippen molar-refractivity contribution in [2.75, 3.05) is 11.4 Å². The molecule has 0 spiro atoms. The number of anilines is 1. The molecule has 2 aliphatic carbocycles. The Labute approximate surface area is 211 Å². The largest absolute Gasteiger partial charge is 0.573 e. The zero-order chi connectivity index (χ0) is 26.3. The Hall–Kier alpha value is -3.14. The van der Waals surface area contributed by atoms with Gasteiger partial charge in [0.05, 0.1) is 0 Å². The molecule has 2 saturated carbocycles. The van der Waals surface area contributed by atoms with Crippen LogP contribution in [0.5, 0.6) is 5.75 Å². The molecule has 3 aliphatic rings. The van der Waals surface area contributed by atoms with Gasteiger partial charge >= 0.3 is 12.3 Å². The van der Waals surface area contributed by atoms with Crippen LogP contribution in [0, 0.1) is 11.7 Å². The van der Waals surface area contributed by atoms with Crippen molar-refractivity contribution in [1.82, 2.24) is 4.90 Å². The van der Waals surface area contributed by atoms with E-state index in [4.69, 9.17) is 5.11 Å². The van der Waals surface area contributed by atoms with Gasteiger partial charge in [-0.2, -0.15) is 0 Å². The Kier molecular flexibility index (Phi) is 6.87. The first kappa shape index (κ1) is 25.5. The molecule has 2 aromatic rings. The van der Waals surface area contributed by atoms with Crippen LogP contribution in [0.4, 0.5) is 23.2 Å². The molecular formula is C27H28F4N2O4. The molecule has 0 bridgehead atoms. The molecule has 0 saturated heterocycles. The van der Waals surface area contributed by atoms with Crippen LogP contribution >= 0.6 is 0 Å². The smallest absolute Gasteiger partial charge is 0.481 e. The molecule has 1 amide bonds. The SMILES string of the molecule is O=C(O)CCCN(C1CC1)[C@H]1c2cc(F)ccc2N(C(=O)c2ccc(OC(F)(F)F)cc2)[C@H]2CCC[C@H]21. The van der Waals surface area contributed by atoms with Crippen LogP contribution in [0.2, 0.25) is 0 Å². The first-order valence-corrected chi connectivity index (χ1v) is 12.6. The van der Waals surface area contributed by atoms with Gasteiger partial charge in [-0.15, -0.1) is 13.2 Å². The van der Waals surface area contributed by atoms with Crippen molar-refractivity contribution in [3.05, 3.63) is 59.4 Å². The van der Waals surface area contributed by atoms with E-state index in [1.165, 1.54) is 24.3 Å². The van der Waals surface area contributed by atoms with Crippen molar-refractivity contribution in [3.63, 3.8) is 0 Å². The van der Waals surface area contributed by atoms with E-state index in [1.54, 1.807) is 11.0 Å². The second kappa shape index (κ2) is 9.96. The van der Waals surface area contributed by atoms with E-state index in [9.17, 15) is 27.2 Å². The maximum absolute atomic E-state index is 14.6. The van der Waals surface area contributed by atoms with Gasteiger partial charge in [0, 0.05) is 35.8 Å². The summed E-state index contributed by atoms with van der Waals surface area (Å²) in [5.74, 6) is -2.00. The highest BCUT2D eigenvalue weighted by atomic mass is 19.4. The average Bonchev–Trinajstić information content (AvgIpc) is 3.56. The zero-order valence-corrected chi connectivity index (χ0v) is 20.1. The van der Waals surface area contributed by atoms with Crippen molar-refractivity contribution in [2.24, 2.45) is 5.92 Å². The van der Waals surface area contributed by atoms with Crippen molar-refractivity contribution in [3.8, 4) is 5.75 Å². The summed E-state index contributed by atoms with van der Waals surface area (Å²) in [4.78, 5) is 28.9. The van der Waals surface area contributed by atoms with E-state index in [-0.39, 0.29) is 35.9 Å². The maximum atomic E-state index is 14.6. The van der Waals surface area contributed by atoms with Crippen LogP contribution in [-0.4, -0.2) is 46.9 Å². The summed E-state index contributed by atoms with van der Waals surface area (Å²) >= 11 is 0. The zero-order valence-electron chi connectivity index (χ0n) is 20.1. The Balaban J connectivity index is 1.49.